The Hall–Kier alpha value is -1.34. The lowest BCUT2D eigenvalue weighted by Crippen LogP contribution is -2.25. The molecular weight excluding hydrogens is 254 g/mol. The van der Waals surface area contributed by atoms with Crippen LogP contribution in [0.3, 0.4) is 0 Å². The van der Waals surface area contributed by atoms with Crippen molar-refractivity contribution in [2.75, 3.05) is 6.54 Å². The van der Waals surface area contributed by atoms with Crippen LogP contribution in [0.25, 0.3) is 10.8 Å². The highest BCUT2D eigenvalue weighted by Crippen LogP contribution is 2.38. The monoisotopic (exact) mass is 281 g/mol. The third-order valence-corrected chi connectivity index (χ3v) is 4.55. The Morgan fingerprint density at radius 2 is 1.76 bits per heavy atom. The van der Waals surface area contributed by atoms with Gasteiger partial charge in [0.05, 0.1) is 0 Å². The second-order valence-corrected chi connectivity index (χ2v) is 7.53. The second kappa shape index (κ2) is 5.46. The Morgan fingerprint density at radius 1 is 1.05 bits per heavy atom. The molecule has 1 nitrogen and oxygen atoms in total. The van der Waals surface area contributed by atoms with E-state index >= 15 is 0 Å². The Morgan fingerprint density at radius 3 is 2.43 bits per heavy atom. The van der Waals surface area contributed by atoms with Gasteiger partial charge in [-0.3, -0.25) is 0 Å². The molecule has 2 aromatic carbocycles. The number of aryl methyl sites for hydroxylation is 2. The van der Waals surface area contributed by atoms with Crippen LogP contribution in [0.2, 0.25) is 0 Å². The maximum absolute atomic E-state index is 3.71. The van der Waals surface area contributed by atoms with Crippen molar-refractivity contribution in [2.24, 2.45) is 5.41 Å². The molecule has 0 saturated carbocycles. The van der Waals surface area contributed by atoms with Crippen LogP contribution in [0.4, 0.5) is 0 Å². The summed E-state index contributed by atoms with van der Waals surface area (Å²) in [5, 5.41) is 6.71. The van der Waals surface area contributed by atoms with Crippen LogP contribution in [0.5, 0.6) is 0 Å². The lowest BCUT2D eigenvalue weighted by Gasteiger charge is -2.28. The third kappa shape index (κ3) is 2.85. The van der Waals surface area contributed by atoms with Crippen LogP contribution in [0, 0.1) is 5.41 Å². The van der Waals surface area contributed by atoms with Crippen molar-refractivity contribution in [1.29, 1.82) is 0 Å². The van der Waals surface area contributed by atoms with Gasteiger partial charge in [-0.25, -0.2) is 0 Å². The summed E-state index contributed by atoms with van der Waals surface area (Å²) in [6.45, 7) is 10.2. The molecule has 0 heterocycles. The number of hydrogen-bond donors (Lipinski definition) is 1. The zero-order valence-corrected chi connectivity index (χ0v) is 13.8. The topological polar surface area (TPSA) is 12.0 Å². The third-order valence-electron chi connectivity index (χ3n) is 4.55. The fraction of sp³-hybridized carbons (Fsp3) is 0.500. The first kappa shape index (κ1) is 14.6. The van der Waals surface area contributed by atoms with Crippen LogP contribution < -0.4 is 5.32 Å². The molecule has 0 aliphatic heterocycles. The maximum atomic E-state index is 3.71. The van der Waals surface area contributed by atoms with Crippen LogP contribution in [0.1, 0.15) is 56.8 Å². The summed E-state index contributed by atoms with van der Waals surface area (Å²) in [6.07, 6.45) is 3.59. The van der Waals surface area contributed by atoms with Crippen LogP contribution in [-0.2, 0) is 12.8 Å². The molecule has 3 rings (SSSR count). The van der Waals surface area contributed by atoms with E-state index in [0.29, 0.717) is 11.5 Å². The minimum Gasteiger partial charge on any atom is -0.310 e. The number of hydrogen-bond acceptors (Lipinski definition) is 1. The molecule has 0 aromatic heterocycles. The van der Waals surface area contributed by atoms with Gasteiger partial charge >= 0.3 is 0 Å². The number of benzene rings is 2. The van der Waals surface area contributed by atoms with Gasteiger partial charge in [0.25, 0.3) is 0 Å². The van der Waals surface area contributed by atoms with Gasteiger partial charge in [-0.15, -0.1) is 0 Å². The summed E-state index contributed by atoms with van der Waals surface area (Å²) in [5.41, 5.74) is 4.88. The predicted octanol–water partition coefficient (Wildman–Crippen LogP) is 5.03. The second-order valence-electron chi connectivity index (χ2n) is 7.53. The SMILES string of the molecule is CCNC(CC(C)(C)C)c1ccc2c3c(cccc13)CC2. The standard InChI is InChI=1S/C20H27N/c1-5-21-18(13-20(2,3)4)16-12-11-15-10-9-14-7-6-8-17(16)19(14)15/h6-8,11-12,18,21H,5,9-10,13H2,1-4H3. The smallest absolute Gasteiger partial charge is 0.0331 e. The van der Waals surface area contributed by atoms with Gasteiger partial charge in [0.1, 0.15) is 0 Å². The summed E-state index contributed by atoms with van der Waals surface area (Å²) >= 11 is 0. The lowest BCUT2D eigenvalue weighted by molar-refractivity contribution is 0.315. The van der Waals surface area contributed by atoms with Crippen molar-refractivity contribution in [3.63, 3.8) is 0 Å². The minimum absolute atomic E-state index is 0.329. The van der Waals surface area contributed by atoms with E-state index in [0.717, 1.165) is 6.54 Å². The Balaban J connectivity index is 2.10. The fourth-order valence-corrected chi connectivity index (χ4v) is 3.72. The van der Waals surface area contributed by atoms with E-state index in [1.54, 1.807) is 0 Å². The molecule has 1 N–H and O–H groups in total. The van der Waals surface area contributed by atoms with Crippen LogP contribution in [-0.4, -0.2) is 6.54 Å². The maximum Gasteiger partial charge on any atom is 0.0331 e. The average molecular weight is 281 g/mol. The molecule has 1 atom stereocenters. The molecule has 1 aliphatic rings. The largest absolute Gasteiger partial charge is 0.310 e. The highest BCUT2D eigenvalue weighted by molar-refractivity contribution is 5.93. The Labute approximate surface area is 128 Å². The van der Waals surface area contributed by atoms with Gasteiger partial charge in [-0.05, 0) is 58.7 Å². The van der Waals surface area contributed by atoms with E-state index in [1.165, 1.54) is 46.7 Å². The van der Waals surface area contributed by atoms with Crippen molar-refractivity contribution >= 4 is 10.8 Å². The van der Waals surface area contributed by atoms with Gasteiger partial charge in [0.15, 0.2) is 0 Å². The van der Waals surface area contributed by atoms with Crippen molar-refractivity contribution in [1.82, 2.24) is 5.32 Å². The van der Waals surface area contributed by atoms with E-state index in [1.807, 2.05) is 0 Å². The van der Waals surface area contributed by atoms with E-state index in [2.05, 4.69) is 63.3 Å². The highest BCUT2D eigenvalue weighted by atomic mass is 14.9. The van der Waals surface area contributed by atoms with E-state index in [9.17, 15) is 0 Å². The van der Waals surface area contributed by atoms with Gasteiger partial charge in [0.2, 0.25) is 0 Å². The first-order chi connectivity index (χ1) is 9.99. The zero-order valence-electron chi connectivity index (χ0n) is 13.8. The Bertz CT molecular complexity index is 638. The fourth-order valence-electron chi connectivity index (χ4n) is 3.72. The molecule has 112 valence electrons. The summed E-state index contributed by atoms with van der Waals surface area (Å²) in [4.78, 5) is 0. The molecule has 2 aromatic rings. The molecule has 0 amide bonds. The number of rotatable bonds is 4. The molecular formula is C20H27N. The van der Waals surface area contributed by atoms with Crippen molar-refractivity contribution in [2.45, 2.75) is 53.0 Å². The normalized spacial score (nSPS) is 15.6. The van der Waals surface area contributed by atoms with Crippen molar-refractivity contribution < 1.29 is 0 Å². The molecule has 0 spiro atoms. The molecule has 1 aliphatic carbocycles. The summed E-state index contributed by atoms with van der Waals surface area (Å²) < 4.78 is 0. The van der Waals surface area contributed by atoms with E-state index in [4.69, 9.17) is 0 Å². The molecule has 1 unspecified atom stereocenters. The predicted molar refractivity (Wildman–Crippen MR) is 91.8 cm³/mol. The summed E-state index contributed by atoms with van der Waals surface area (Å²) in [5.74, 6) is 0. The van der Waals surface area contributed by atoms with Gasteiger partial charge in [-0.1, -0.05) is 58.0 Å². The molecule has 21 heavy (non-hydrogen) atoms. The van der Waals surface area contributed by atoms with Crippen LogP contribution >= 0.6 is 0 Å². The minimum atomic E-state index is 0.329. The molecule has 0 bridgehead atoms. The quantitative estimate of drug-likeness (QED) is 0.829. The number of nitrogens with one attached hydrogen (secondary N) is 1. The average Bonchev–Trinajstić information content (AvgIpc) is 2.83. The first-order valence-corrected chi connectivity index (χ1v) is 8.26. The summed E-state index contributed by atoms with van der Waals surface area (Å²) in [7, 11) is 0. The van der Waals surface area contributed by atoms with Crippen molar-refractivity contribution in [3.05, 3.63) is 47.0 Å². The zero-order chi connectivity index (χ0) is 15.0. The van der Waals surface area contributed by atoms with Gasteiger partial charge in [0, 0.05) is 6.04 Å². The van der Waals surface area contributed by atoms with Crippen LogP contribution in [0.15, 0.2) is 30.3 Å². The van der Waals surface area contributed by atoms with Gasteiger partial charge < -0.3 is 5.32 Å². The van der Waals surface area contributed by atoms with E-state index in [-0.39, 0.29) is 0 Å². The van der Waals surface area contributed by atoms with E-state index < -0.39 is 0 Å². The van der Waals surface area contributed by atoms with Crippen molar-refractivity contribution in [3.8, 4) is 0 Å². The molecule has 1 heteroatoms. The van der Waals surface area contributed by atoms with Gasteiger partial charge in [-0.2, -0.15) is 0 Å². The highest BCUT2D eigenvalue weighted by Gasteiger charge is 2.23. The molecule has 0 radical (unpaired) electrons. The Kier molecular flexibility index (Phi) is 3.79. The molecule has 0 fully saturated rings. The molecule has 0 saturated heterocycles. The first-order valence-electron chi connectivity index (χ1n) is 8.26. The summed E-state index contributed by atoms with van der Waals surface area (Å²) in [6, 6.07) is 12.0. The lowest BCUT2D eigenvalue weighted by atomic mass is 9.83.